The Morgan fingerprint density at radius 3 is 2.75 bits per heavy atom. The molecule has 0 spiro atoms. The number of nitrogens with two attached hydrogens (primary N) is 1. The molecule has 0 aromatic carbocycles. The number of hydrogen-bond acceptors (Lipinski definition) is 4. The standard InChI is InChI=1S/C17H32N4O3/c1-13-11-15(24-2)6-10-21(13)17(23)19-7-4-9-20-8-3-5-14(12-20)16(18)22/h13-15H,3-12H2,1-2H3,(H2,18,22)(H,19,23)/t13-,14+,15+/m0/s1. The van der Waals surface area contributed by atoms with Crippen molar-refractivity contribution in [2.45, 2.75) is 51.2 Å². The summed E-state index contributed by atoms with van der Waals surface area (Å²) in [4.78, 5) is 27.8. The zero-order chi connectivity index (χ0) is 17.5. The van der Waals surface area contributed by atoms with Gasteiger partial charge >= 0.3 is 6.03 Å². The van der Waals surface area contributed by atoms with Crippen LogP contribution in [-0.2, 0) is 9.53 Å². The molecule has 2 fully saturated rings. The zero-order valence-corrected chi connectivity index (χ0v) is 15.0. The zero-order valence-electron chi connectivity index (χ0n) is 15.0. The summed E-state index contributed by atoms with van der Waals surface area (Å²) >= 11 is 0. The highest BCUT2D eigenvalue weighted by Gasteiger charge is 2.28. The number of amides is 3. The van der Waals surface area contributed by atoms with Gasteiger partial charge in [-0.05, 0) is 52.1 Å². The lowest BCUT2D eigenvalue weighted by molar-refractivity contribution is -0.123. The maximum atomic E-state index is 12.3. The third-order valence-corrected chi connectivity index (χ3v) is 5.26. The number of primary amides is 1. The van der Waals surface area contributed by atoms with Crippen LogP contribution in [0.4, 0.5) is 4.79 Å². The smallest absolute Gasteiger partial charge is 0.317 e. The lowest BCUT2D eigenvalue weighted by Gasteiger charge is -2.37. The number of nitrogens with zero attached hydrogens (tertiary/aromatic N) is 2. The van der Waals surface area contributed by atoms with E-state index in [1.165, 1.54) is 0 Å². The Hall–Kier alpha value is -1.34. The summed E-state index contributed by atoms with van der Waals surface area (Å²) in [5.74, 6) is -0.210. The van der Waals surface area contributed by atoms with E-state index in [4.69, 9.17) is 10.5 Å². The number of urea groups is 1. The molecule has 2 aliphatic rings. The van der Waals surface area contributed by atoms with Crippen molar-refractivity contribution in [3.05, 3.63) is 0 Å². The van der Waals surface area contributed by atoms with E-state index in [1.54, 1.807) is 7.11 Å². The van der Waals surface area contributed by atoms with Crippen molar-refractivity contribution in [1.29, 1.82) is 0 Å². The molecule has 3 amide bonds. The van der Waals surface area contributed by atoms with Crippen LogP contribution in [0.15, 0.2) is 0 Å². The summed E-state index contributed by atoms with van der Waals surface area (Å²) in [5.41, 5.74) is 5.40. The van der Waals surface area contributed by atoms with E-state index in [0.717, 1.165) is 58.3 Å². The second-order valence-corrected chi connectivity index (χ2v) is 7.05. The number of piperidine rings is 2. The van der Waals surface area contributed by atoms with Crippen molar-refractivity contribution in [1.82, 2.24) is 15.1 Å². The van der Waals surface area contributed by atoms with Crippen LogP contribution in [0.25, 0.3) is 0 Å². The molecule has 0 saturated carbocycles. The lowest BCUT2D eigenvalue weighted by atomic mass is 9.97. The summed E-state index contributed by atoms with van der Waals surface area (Å²) in [6, 6.07) is 0.229. The molecule has 24 heavy (non-hydrogen) atoms. The molecule has 3 atom stereocenters. The Bertz CT molecular complexity index is 432. The summed E-state index contributed by atoms with van der Waals surface area (Å²) < 4.78 is 5.38. The fourth-order valence-corrected chi connectivity index (χ4v) is 3.74. The van der Waals surface area contributed by atoms with E-state index in [1.807, 2.05) is 4.90 Å². The van der Waals surface area contributed by atoms with Crippen LogP contribution in [0.5, 0.6) is 0 Å². The van der Waals surface area contributed by atoms with Crippen molar-refractivity contribution in [2.24, 2.45) is 11.7 Å². The van der Waals surface area contributed by atoms with Gasteiger partial charge in [0.2, 0.25) is 5.91 Å². The minimum Gasteiger partial charge on any atom is -0.381 e. The third-order valence-electron chi connectivity index (χ3n) is 5.26. The van der Waals surface area contributed by atoms with Gasteiger partial charge in [0.1, 0.15) is 0 Å². The van der Waals surface area contributed by atoms with Gasteiger partial charge in [0, 0.05) is 32.8 Å². The molecule has 2 saturated heterocycles. The molecule has 2 heterocycles. The van der Waals surface area contributed by atoms with Crippen molar-refractivity contribution < 1.29 is 14.3 Å². The number of rotatable bonds is 6. The molecule has 0 aromatic rings. The Morgan fingerprint density at radius 2 is 2.08 bits per heavy atom. The normalized spacial score (nSPS) is 28.6. The molecule has 138 valence electrons. The van der Waals surface area contributed by atoms with Crippen molar-refractivity contribution in [3.63, 3.8) is 0 Å². The van der Waals surface area contributed by atoms with Crippen molar-refractivity contribution in [3.8, 4) is 0 Å². The number of likely N-dealkylation sites (tertiary alicyclic amines) is 2. The summed E-state index contributed by atoms with van der Waals surface area (Å²) in [6.07, 6.45) is 4.87. The van der Waals surface area contributed by atoms with Crippen LogP contribution in [-0.4, -0.2) is 73.7 Å². The van der Waals surface area contributed by atoms with Gasteiger partial charge in [-0.1, -0.05) is 0 Å². The van der Waals surface area contributed by atoms with Crippen LogP contribution in [0.2, 0.25) is 0 Å². The minimum atomic E-state index is -0.193. The highest BCUT2D eigenvalue weighted by molar-refractivity contribution is 5.77. The van der Waals surface area contributed by atoms with Gasteiger partial charge in [-0.2, -0.15) is 0 Å². The average Bonchev–Trinajstić information content (AvgIpc) is 2.58. The molecule has 2 aliphatic heterocycles. The SMILES string of the molecule is CO[C@@H]1CCN(C(=O)NCCCN2CCC[C@@H](C(N)=O)C2)[C@@H](C)C1. The quantitative estimate of drug-likeness (QED) is 0.700. The number of hydrogen-bond donors (Lipinski definition) is 2. The van der Waals surface area contributed by atoms with Gasteiger partial charge < -0.3 is 25.6 Å². The van der Waals surface area contributed by atoms with Gasteiger partial charge in [-0.25, -0.2) is 4.79 Å². The number of carbonyl (C=O) groups is 2. The van der Waals surface area contributed by atoms with E-state index >= 15 is 0 Å². The minimum absolute atomic E-state index is 0.0173. The van der Waals surface area contributed by atoms with Gasteiger partial charge in [0.25, 0.3) is 0 Å². The summed E-state index contributed by atoms with van der Waals surface area (Å²) in [5, 5.41) is 3.02. The first-order valence-corrected chi connectivity index (χ1v) is 9.10. The summed E-state index contributed by atoms with van der Waals surface area (Å²) in [7, 11) is 1.73. The fraction of sp³-hybridized carbons (Fsp3) is 0.882. The predicted octanol–water partition coefficient (Wildman–Crippen LogP) is 0.783. The maximum absolute atomic E-state index is 12.3. The molecular weight excluding hydrogens is 308 g/mol. The van der Waals surface area contributed by atoms with Gasteiger partial charge in [0.15, 0.2) is 0 Å². The van der Waals surface area contributed by atoms with Crippen molar-refractivity contribution >= 4 is 11.9 Å². The fourth-order valence-electron chi connectivity index (χ4n) is 3.74. The van der Waals surface area contributed by atoms with Gasteiger partial charge in [-0.3, -0.25) is 4.79 Å². The highest BCUT2D eigenvalue weighted by Crippen LogP contribution is 2.19. The molecule has 0 unspecified atom stereocenters. The number of nitrogens with one attached hydrogen (secondary N) is 1. The van der Waals surface area contributed by atoms with Crippen LogP contribution in [0, 0.1) is 5.92 Å². The van der Waals surface area contributed by atoms with E-state index in [-0.39, 0.29) is 30.0 Å². The molecule has 0 aliphatic carbocycles. The molecule has 0 radical (unpaired) electrons. The monoisotopic (exact) mass is 340 g/mol. The van der Waals surface area contributed by atoms with E-state index in [0.29, 0.717) is 6.54 Å². The molecule has 0 aromatic heterocycles. The Morgan fingerprint density at radius 1 is 1.29 bits per heavy atom. The van der Waals surface area contributed by atoms with E-state index < -0.39 is 0 Å². The highest BCUT2D eigenvalue weighted by atomic mass is 16.5. The topological polar surface area (TPSA) is 87.9 Å². The maximum Gasteiger partial charge on any atom is 0.317 e. The van der Waals surface area contributed by atoms with Crippen molar-refractivity contribution in [2.75, 3.05) is 39.8 Å². The first kappa shape index (κ1) is 19.0. The lowest BCUT2D eigenvalue weighted by Crippen LogP contribution is -2.51. The molecule has 2 rings (SSSR count). The van der Waals surface area contributed by atoms with Gasteiger partial charge in [-0.15, -0.1) is 0 Å². The number of methoxy groups -OCH3 is 1. The molecule has 3 N–H and O–H groups in total. The van der Waals surface area contributed by atoms with Crippen LogP contribution in [0.1, 0.15) is 39.0 Å². The van der Waals surface area contributed by atoms with E-state index in [9.17, 15) is 9.59 Å². The number of ether oxygens (including phenoxy) is 1. The van der Waals surface area contributed by atoms with Crippen LogP contribution < -0.4 is 11.1 Å². The van der Waals surface area contributed by atoms with Gasteiger partial charge in [0.05, 0.1) is 12.0 Å². The molecule has 0 bridgehead atoms. The largest absolute Gasteiger partial charge is 0.381 e. The van der Waals surface area contributed by atoms with Crippen LogP contribution in [0.3, 0.4) is 0 Å². The predicted molar refractivity (Wildman–Crippen MR) is 92.6 cm³/mol. The molecule has 7 nitrogen and oxygen atoms in total. The van der Waals surface area contributed by atoms with E-state index in [2.05, 4.69) is 17.1 Å². The second-order valence-electron chi connectivity index (χ2n) is 7.05. The Kier molecular flexibility index (Phi) is 7.30. The second kappa shape index (κ2) is 9.22. The summed E-state index contributed by atoms with van der Waals surface area (Å²) in [6.45, 7) is 6.14. The third kappa shape index (κ3) is 5.34. The first-order chi connectivity index (χ1) is 11.5. The number of carbonyl (C=O) groups excluding carboxylic acids is 2. The first-order valence-electron chi connectivity index (χ1n) is 9.10. The van der Waals surface area contributed by atoms with Crippen LogP contribution >= 0.6 is 0 Å². The molecular formula is C17H32N4O3. The Labute approximate surface area is 144 Å². The Balaban J connectivity index is 1.63. The average molecular weight is 340 g/mol. The molecule has 7 heteroatoms.